The molecule has 3 aromatic carbocycles. The van der Waals surface area contributed by atoms with Crippen LogP contribution in [0.1, 0.15) is 22.8 Å². The second-order valence-electron chi connectivity index (χ2n) is 7.15. The van der Waals surface area contributed by atoms with Gasteiger partial charge in [-0.3, -0.25) is 9.59 Å². The Morgan fingerprint density at radius 1 is 0.871 bits per heavy atom. The largest absolute Gasteiger partial charge is 0.326 e. The summed E-state index contributed by atoms with van der Waals surface area (Å²) in [6, 6.07) is 22.6. The summed E-state index contributed by atoms with van der Waals surface area (Å²) in [4.78, 5) is 28.6. The zero-order chi connectivity index (χ0) is 21.8. The number of aryl methyl sites for hydroxylation is 1. The average molecular weight is 428 g/mol. The number of anilines is 2. The fourth-order valence-electron chi connectivity index (χ4n) is 3.21. The van der Waals surface area contributed by atoms with E-state index in [4.69, 9.17) is 4.98 Å². The summed E-state index contributed by atoms with van der Waals surface area (Å²) in [5.74, 6) is -0.420. The highest BCUT2D eigenvalue weighted by Gasteiger charge is 2.10. The van der Waals surface area contributed by atoms with Crippen LogP contribution in [0.25, 0.3) is 21.8 Å². The first-order chi connectivity index (χ1) is 15.0. The van der Waals surface area contributed by atoms with Gasteiger partial charge in [0.15, 0.2) is 0 Å². The Bertz CT molecular complexity index is 1250. The summed E-state index contributed by atoms with van der Waals surface area (Å²) in [7, 11) is 0. The monoisotopic (exact) mass is 427 g/mol. The van der Waals surface area contributed by atoms with Gasteiger partial charge in [0, 0.05) is 40.4 Å². The van der Waals surface area contributed by atoms with Gasteiger partial charge in [-0.25, -0.2) is 4.98 Å². The lowest BCUT2D eigenvalue weighted by molar-refractivity contribution is -0.114. The smallest absolute Gasteiger partial charge is 0.255 e. The summed E-state index contributed by atoms with van der Waals surface area (Å²) in [6.45, 7) is 3.51. The standard InChI is InChI=1S/C25H21N3O2S/c1-16-6-3-4-9-22(16)25-28-23(15-31-25)18-10-12-20(13-11-18)27-24(30)19-7-5-8-21(14-19)26-17(2)29/h3-15H,1-2H3,(H,26,29)(H,27,30). The minimum Gasteiger partial charge on any atom is -0.326 e. The van der Waals surface area contributed by atoms with Crippen LogP contribution < -0.4 is 10.6 Å². The molecule has 0 aliphatic heterocycles. The number of carbonyl (C=O) groups is 2. The van der Waals surface area contributed by atoms with Crippen molar-refractivity contribution in [3.63, 3.8) is 0 Å². The molecule has 2 N–H and O–H groups in total. The van der Waals surface area contributed by atoms with Crippen molar-refractivity contribution in [2.45, 2.75) is 13.8 Å². The van der Waals surface area contributed by atoms with Crippen LogP contribution in [0.15, 0.2) is 78.2 Å². The Hall–Kier alpha value is -3.77. The molecule has 154 valence electrons. The van der Waals surface area contributed by atoms with Gasteiger partial charge >= 0.3 is 0 Å². The van der Waals surface area contributed by atoms with Gasteiger partial charge in [-0.2, -0.15) is 0 Å². The van der Waals surface area contributed by atoms with E-state index in [2.05, 4.69) is 29.7 Å². The molecule has 6 heteroatoms. The lowest BCUT2D eigenvalue weighted by Gasteiger charge is -2.08. The zero-order valence-corrected chi connectivity index (χ0v) is 18.0. The highest BCUT2D eigenvalue weighted by molar-refractivity contribution is 7.13. The second kappa shape index (κ2) is 8.93. The molecule has 4 aromatic rings. The van der Waals surface area contributed by atoms with Crippen LogP contribution >= 0.6 is 11.3 Å². The highest BCUT2D eigenvalue weighted by Crippen LogP contribution is 2.31. The number of thiazole rings is 1. The van der Waals surface area contributed by atoms with Gasteiger partial charge in [0.25, 0.3) is 5.91 Å². The number of carbonyl (C=O) groups excluding carboxylic acids is 2. The van der Waals surface area contributed by atoms with E-state index in [-0.39, 0.29) is 11.8 Å². The molecule has 1 aromatic heterocycles. The van der Waals surface area contributed by atoms with E-state index < -0.39 is 0 Å². The number of nitrogens with one attached hydrogen (secondary N) is 2. The van der Waals surface area contributed by atoms with Crippen LogP contribution in [0.3, 0.4) is 0 Å². The van der Waals surface area contributed by atoms with E-state index >= 15 is 0 Å². The third-order valence-electron chi connectivity index (χ3n) is 4.76. The number of rotatable bonds is 5. The molecule has 0 spiro atoms. The first-order valence-corrected chi connectivity index (χ1v) is 10.7. The molecule has 0 fully saturated rings. The van der Waals surface area contributed by atoms with Gasteiger partial charge in [-0.05, 0) is 42.8 Å². The SMILES string of the molecule is CC(=O)Nc1cccc(C(=O)Nc2ccc(-c3csc(-c4ccccc4C)n3)cc2)c1. The van der Waals surface area contributed by atoms with E-state index in [1.807, 2.05) is 41.8 Å². The van der Waals surface area contributed by atoms with Crippen molar-refractivity contribution in [1.82, 2.24) is 4.98 Å². The molecule has 0 aliphatic rings. The van der Waals surface area contributed by atoms with Gasteiger partial charge in [-0.1, -0.05) is 42.5 Å². The molecule has 0 radical (unpaired) electrons. The van der Waals surface area contributed by atoms with Crippen LogP contribution in [0.4, 0.5) is 11.4 Å². The van der Waals surface area contributed by atoms with Gasteiger partial charge < -0.3 is 10.6 Å². The summed E-state index contributed by atoms with van der Waals surface area (Å²) in [5, 5.41) is 8.60. The second-order valence-corrected chi connectivity index (χ2v) is 8.00. The summed E-state index contributed by atoms with van der Waals surface area (Å²) >= 11 is 1.62. The molecular weight excluding hydrogens is 406 g/mol. The predicted octanol–water partition coefficient (Wildman–Crippen LogP) is 6.00. The molecule has 4 rings (SSSR count). The molecule has 1 heterocycles. The maximum Gasteiger partial charge on any atom is 0.255 e. The van der Waals surface area contributed by atoms with Gasteiger partial charge in [0.1, 0.15) is 5.01 Å². The van der Waals surface area contributed by atoms with E-state index in [9.17, 15) is 9.59 Å². The van der Waals surface area contributed by atoms with Crippen LogP contribution in [0, 0.1) is 6.92 Å². The van der Waals surface area contributed by atoms with Gasteiger partial charge in [0.05, 0.1) is 5.69 Å². The van der Waals surface area contributed by atoms with Crippen molar-refractivity contribution in [2.24, 2.45) is 0 Å². The normalized spacial score (nSPS) is 10.5. The van der Waals surface area contributed by atoms with Crippen molar-refractivity contribution in [3.8, 4) is 21.8 Å². The molecule has 0 aliphatic carbocycles. The van der Waals surface area contributed by atoms with Crippen LogP contribution in [0.2, 0.25) is 0 Å². The molecule has 0 unspecified atom stereocenters. The van der Waals surface area contributed by atoms with E-state index in [0.717, 1.165) is 21.8 Å². The van der Waals surface area contributed by atoms with Crippen molar-refractivity contribution in [3.05, 3.63) is 89.3 Å². The van der Waals surface area contributed by atoms with Crippen LogP contribution in [-0.4, -0.2) is 16.8 Å². The molecule has 0 bridgehead atoms. The summed E-state index contributed by atoms with van der Waals surface area (Å²) < 4.78 is 0. The average Bonchev–Trinajstić information content (AvgIpc) is 3.24. The zero-order valence-electron chi connectivity index (χ0n) is 17.2. The molecule has 0 saturated carbocycles. The van der Waals surface area contributed by atoms with E-state index in [1.54, 1.807) is 35.6 Å². The molecule has 5 nitrogen and oxygen atoms in total. The number of amides is 2. The summed E-state index contributed by atoms with van der Waals surface area (Å²) in [6.07, 6.45) is 0. The van der Waals surface area contributed by atoms with Crippen LogP contribution in [0.5, 0.6) is 0 Å². The minimum absolute atomic E-state index is 0.180. The Labute approximate surface area is 184 Å². The number of nitrogens with zero attached hydrogens (tertiary/aromatic N) is 1. The molecule has 0 saturated heterocycles. The third-order valence-corrected chi connectivity index (χ3v) is 5.64. The Morgan fingerprint density at radius 2 is 1.65 bits per heavy atom. The topological polar surface area (TPSA) is 71.1 Å². The Morgan fingerprint density at radius 3 is 2.39 bits per heavy atom. The Balaban J connectivity index is 1.47. The van der Waals surface area contributed by atoms with Crippen molar-refractivity contribution < 1.29 is 9.59 Å². The number of hydrogen-bond acceptors (Lipinski definition) is 4. The quantitative estimate of drug-likeness (QED) is 0.411. The first-order valence-electron chi connectivity index (χ1n) is 9.80. The fourth-order valence-corrected chi connectivity index (χ4v) is 4.13. The summed E-state index contributed by atoms with van der Waals surface area (Å²) in [5.41, 5.74) is 5.98. The maximum absolute atomic E-state index is 12.6. The number of benzene rings is 3. The predicted molar refractivity (Wildman–Crippen MR) is 126 cm³/mol. The molecule has 31 heavy (non-hydrogen) atoms. The van der Waals surface area contributed by atoms with E-state index in [1.165, 1.54) is 12.5 Å². The molecular formula is C25H21N3O2S. The van der Waals surface area contributed by atoms with Crippen LogP contribution in [-0.2, 0) is 4.79 Å². The molecule has 2 amide bonds. The van der Waals surface area contributed by atoms with Crippen molar-refractivity contribution in [2.75, 3.05) is 10.6 Å². The molecule has 0 atom stereocenters. The number of aromatic nitrogens is 1. The van der Waals surface area contributed by atoms with Crippen molar-refractivity contribution >= 4 is 34.5 Å². The lowest BCUT2D eigenvalue weighted by atomic mass is 10.1. The van der Waals surface area contributed by atoms with Gasteiger partial charge in [0.2, 0.25) is 5.91 Å². The van der Waals surface area contributed by atoms with Gasteiger partial charge in [-0.15, -0.1) is 11.3 Å². The lowest BCUT2D eigenvalue weighted by Crippen LogP contribution is -2.13. The minimum atomic E-state index is -0.240. The third kappa shape index (κ3) is 4.87. The maximum atomic E-state index is 12.6. The Kier molecular flexibility index (Phi) is 5.91. The number of hydrogen-bond donors (Lipinski definition) is 2. The van der Waals surface area contributed by atoms with Crippen molar-refractivity contribution in [1.29, 1.82) is 0 Å². The fraction of sp³-hybridized carbons (Fsp3) is 0.0800. The highest BCUT2D eigenvalue weighted by atomic mass is 32.1. The van der Waals surface area contributed by atoms with E-state index in [0.29, 0.717) is 16.9 Å². The first kappa shape index (κ1) is 20.5.